The number of hydrogen-bond acceptors (Lipinski definition) is 3. The topological polar surface area (TPSA) is 29.5 Å². The van der Waals surface area contributed by atoms with Gasteiger partial charge in [0.15, 0.2) is 0 Å². The number of hydrogen-bond donors (Lipinski definition) is 1. The van der Waals surface area contributed by atoms with Crippen LogP contribution < -0.4 is 9.20 Å². The van der Waals surface area contributed by atoms with Gasteiger partial charge in [-0.1, -0.05) is 0 Å². The van der Waals surface area contributed by atoms with Gasteiger partial charge in [0.1, 0.15) is 0 Å². The Balaban J connectivity index is 2.27. The Hall–Kier alpha value is -0.931. The van der Waals surface area contributed by atoms with E-state index < -0.39 is 6.10 Å². The molecule has 0 radical (unpaired) electrons. The van der Waals surface area contributed by atoms with E-state index in [1.807, 2.05) is 48.2 Å². The monoisotopic (exact) mass is 396 g/mol. The second kappa shape index (κ2) is 8.79. The molecule has 0 saturated carbocycles. The number of benzene rings is 2. The number of thioether (sulfide) groups is 1. The molecular weight excluding hydrogens is 371 g/mol. The zero-order chi connectivity index (χ0) is 16.8. The van der Waals surface area contributed by atoms with Crippen molar-refractivity contribution in [3.05, 3.63) is 59.7 Å². The summed E-state index contributed by atoms with van der Waals surface area (Å²) in [7, 11) is 1.72. The zero-order valence-corrected chi connectivity index (χ0v) is 16.6. The van der Waals surface area contributed by atoms with Gasteiger partial charge in [0, 0.05) is 0 Å². The summed E-state index contributed by atoms with van der Waals surface area (Å²) in [5.41, 5.74) is 2.31. The molecule has 2 aromatic carbocycles. The average molecular weight is 395 g/mol. The van der Waals surface area contributed by atoms with E-state index in [4.69, 9.17) is 4.74 Å². The van der Waals surface area contributed by atoms with Crippen LogP contribution in [0.2, 0.25) is 4.82 Å². The summed E-state index contributed by atoms with van der Waals surface area (Å²) in [5, 5.41) is 11.1. The molecule has 4 heteroatoms. The second-order valence-electron chi connectivity index (χ2n) is 5.44. The van der Waals surface area contributed by atoms with Crippen LogP contribution in [0.4, 0.5) is 0 Å². The molecule has 0 aromatic heterocycles. The van der Waals surface area contributed by atoms with Gasteiger partial charge in [-0.15, -0.1) is 0 Å². The van der Waals surface area contributed by atoms with Crippen LogP contribution in [0.3, 0.4) is 0 Å². The van der Waals surface area contributed by atoms with Crippen molar-refractivity contribution < 1.29 is 9.84 Å². The zero-order valence-electron chi connectivity index (χ0n) is 14.0. The first-order valence-corrected chi connectivity index (χ1v) is 10.8. The van der Waals surface area contributed by atoms with Gasteiger partial charge in [-0.05, 0) is 0 Å². The molecule has 0 heterocycles. The number of rotatable bonds is 7. The van der Waals surface area contributed by atoms with Gasteiger partial charge in [0.05, 0.1) is 0 Å². The minimum absolute atomic E-state index is 0.126. The maximum atomic E-state index is 10.7. The first kappa shape index (κ1) is 18.4. The van der Waals surface area contributed by atoms with Gasteiger partial charge >= 0.3 is 150 Å². The number of ether oxygens (including phenoxy) is 1. The Morgan fingerprint density at radius 3 is 2.35 bits per heavy atom. The third-order valence-corrected chi connectivity index (χ3v) is 7.60. The van der Waals surface area contributed by atoms with Crippen LogP contribution in [0, 0.1) is 0 Å². The molecule has 2 unspecified atom stereocenters. The molecule has 2 aromatic rings. The van der Waals surface area contributed by atoms with Crippen LogP contribution in [0.1, 0.15) is 36.3 Å². The third-order valence-electron chi connectivity index (χ3n) is 3.91. The number of aliphatic hydroxyl groups excluding tert-OH is 1. The summed E-state index contributed by atoms with van der Waals surface area (Å²) in [6.45, 7) is 4.34. The van der Waals surface area contributed by atoms with Gasteiger partial charge in [0.25, 0.3) is 0 Å². The quantitative estimate of drug-likeness (QED) is 0.719. The maximum absolute atomic E-state index is 10.7. The Labute approximate surface area is 149 Å². The molecule has 2 rings (SSSR count). The molecule has 0 bridgehead atoms. The third kappa shape index (κ3) is 4.54. The van der Waals surface area contributed by atoms with E-state index in [1.165, 1.54) is 10.0 Å². The van der Waals surface area contributed by atoms with Gasteiger partial charge in [0.2, 0.25) is 0 Å². The van der Waals surface area contributed by atoms with Crippen molar-refractivity contribution in [2.24, 2.45) is 0 Å². The fraction of sp³-hybridized carbons (Fsp3) is 0.368. The molecule has 0 spiro atoms. The number of methoxy groups -OCH3 is 1. The van der Waals surface area contributed by atoms with Crippen LogP contribution in [0.5, 0.6) is 5.75 Å². The molecule has 3 atom stereocenters. The van der Waals surface area contributed by atoms with Gasteiger partial charge in [-0.2, -0.15) is 0 Å². The van der Waals surface area contributed by atoms with Crippen LogP contribution in [-0.2, 0) is 0 Å². The fourth-order valence-corrected chi connectivity index (χ4v) is 5.80. The summed E-state index contributed by atoms with van der Waals surface area (Å²) in [4.78, 5) is 0.175. The molecule has 0 amide bonds. The van der Waals surface area contributed by atoms with Crippen molar-refractivity contribution in [2.45, 2.75) is 30.0 Å². The van der Waals surface area contributed by atoms with Crippen LogP contribution in [0.15, 0.2) is 48.5 Å². The molecule has 1 N–H and O–H groups in total. The molecule has 23 heavy (non-hydrogen) atoms. The van der Waals surface area contributed by atoms with E-state index in [1.54, 1.807) is 7.11 Å². The summed E-state index contributed by atoms with van der Waals surface area (Å²) in [6.07, 6.45) is 1.68. The van der Waals surface area contributed by atoms with Crippen molar-refractivity contribution in [3.63, 3.8) is 0 Å². The predicted molar refractivity (Wildman–Crippen MR) is 101 cm³/mol. The van der Waals surface area contributed by atoms with E-state index in [2.05, 4.69) is 32.2 Å². The number of aliphatic hydroxyl groups is 1. The fourth-order valence-electron chi connectivity index (χ4n) is 2.44. The summed E-state index contributed by atoms with van der Waals surface area (Å²) in [6, 6.07) is 16.2. The normalized spacial score (nSPS) is 15.0. The second-order valence-corrected chi connectivity index (χ2v) is 9.52. The van der Waals surface area contributed by atoms with Crippen molar-refractivity contribution in [1.82, 2.24) is 0 Å². The summed E-state index contributed by atoms with van der Waals surface area (Å²) >= 11 is 1.96. The Kier molecular flexibility index (Phi) is 7.04. The van der Waals surface area contributed by atoms with Crippen molar-refractivity contribution >= 4 is 31.2 Å². The van der Waals surface area contributed by atoms with E-state index in [9.17, 15) is 5.11 Å². The van der Waals surface area contributed by atoms with E-state index in [0.29, 0.717) is 5.25 Å². The first-order valence-electron chi connectivity index (χ1n) is 7.67. The predicted octanol–water partition coefficient (Wildman–Crippen LogP) is 3.99. The van der Waals surface area contributed by atoms with E-state index >= 15 is 0 Å². The van der Waals surface area contributed by atoms with Gasteiger partial charge in [-0.3, -0.25) is 0 Å². The van der Waals surface area contributed by atoms with Crippen molar-refractivity contribution in [1.29, 1.82) is 0 Å². The van der Waals surface area contributed by atoms with Crippen LogP contribution in [-0.4, -0.2) is 33.4 Å². The Morgan fingerprint density at radius 1 is 1.04 bits per heavy atom. The Bertz CT molecular complexity index is 618. The van der Waals surface area contributed by atoms with Gasteiger partial charge in [-0.25, -0.2) is 0 Å². The molecule has 124 valence electrons. The van der Waals surface area contributed by atoms with Crippen molar-refractivity contribution in [2.75, 3.05) is 13.4 Å². The molecule has 0 aliphatic heterocycles. The molecule has 0 aliphatic carbocycles. The summed E-state index contributed by atoms with van der Waals surface area (Å²) in [5.74, 6) is 0.940. The molecule has 2 nitrogen and oxygen atoms in total. The standard InChI is InChI=1S/C19H24O2SSe/c1-13(22-4)16-11-8-12-17(21-3)19(16)23-14(2)18(20)15-9-6-5-7-10-15/h5-14,18,20H,1-4H3/t13-,14?,18?/m0/s1. The Morgan fingerprint density at radius 2 is 1.74 bits per heavy atom. The van der Waals surface area contributed by atoms with Crippen LogP contribution in [0.25, 0.3) is 0 Å². The van der Waals surface area contributed by atoms with Gasteiger partial charge < -0.3 is 0 Å². The van der Waals surface area contributed by atoms with E-state index in [0.717, 1.165) is 11.3 Å². The van der Waals surface area contributed by atoms with E-state index in [-0.39, 0.29) is 19.8 Å². The first-order chi connectivity index (χ1) is 11.1. The van der Waals surface area contributed by atoms with Crippen LogP contribution >= 0.6 is 11.8 Å². The molecule has 0 fully saturated rings. The molecular formula is C19H24O2SSe. The SMILES string of the molecule is COc1cccc([C@H](C)SC)c1[Se]C(C)C(O)c1ccccc1. The molecule has 0 saturated heterocycles. The minimum atomic E-state index is -0.446. The molecule has 0 aliphatic rings. The average Bonchev–Trinajstić information content (AvgIpc) is 2.61. The van der Waals surface area contributed by atoms with Crippen molar-refractivity contribution in [3.8, 4) is 5.75 Å². The summed E-state index contributed by atoms with van der Waals surface area (Å²) < 4.78 is 6.86.